The van der Waals surface area contributed by atoms with Gasteiger partial charge in [-0.3, -0.25) is 14.5 Å². The number of hydrogen-bond donors (Lipinski definition) is 1. The van der Waals surface area contributed by atoms with E-state index in [1.165, 1.54) is 16.7 Å². The van der Waals surface area contributed by atoms with Gasteiger partial charge in [0.2, 0.25) is 11.8 Å². The van der Waals surface area contributed by atoms with Gasteiger partial charge in [-0.25, -0.2) is 4.99 Å². The summed E-state index contributed by atoms with van der Waals surface area (Å²) in [5, 5.41) is 3.49. The van der Waals surface area contributed by atoms with E-state index in [1.54, 1.807) is 19.2 Å². The summed E-state index contributed by atoms with van der Waals surface area (Å²) < 4.78 is 1.12. The van der Waals surface area contributed by atoms with Crippen LogP contribution < -0.4 is 5.32 Å². The number of nitrogens with one attached hydrogen (secondary N) is 1. The molecular formula is C19H17ClIN3O2S. The summed E-state index contributed by atoms with van der Waals surface area (Å²) in [6, 6.07) is 13.0. The topological polar surface area (TPSA) is 61.8 Å². The molecule has 0 bridgehead atoms. The monoisotopic (exact) mass is 513 g/mol. The first-order chi connectivity index (χ1) is 12.8. The summed E-state index contributed by atoms with van der Waals surface area (Å²) in [7, 11) is 1.68. The van der Waals surface area contributed by atoms with Crippen LogP contribution in [0.25, 0.3) is 0 Å². The molecule has 140 valence electrons. The summed E-state index contributed by atoms with van der Waals surface area (Å²) in [6.07, 6.45) is 0.0749. The number of hydrogen-bond acceptors (Lipinski definition) is 4. The zero-order chi connectivity index (χ0) is 19.6. The van der Waals surface area contributed by atoms with Crippen LogP contribution in [0.2, 0.25) is 5.02 Å². The van der Waals surface area contributed by atoms with Crippen molar-refractivity contribution >= 4 is 74.3 Å². The van der Waals surface area contributed by atoms with E-state index in [4.69, 9.17) is 11.6 Å². The number of carbonyl (C=O) groups is 2. The molecule has 1 aliphatic heterocycles. The number of thioether (sulfide) groups is 1. The van der Waals surface area contributed by atoms with Gasteiger partial charge in [-0.15, -0.1) is 0 Å². The first-order valence-electron chi connectivity index (χ1n) is 8.18. The number of amides is 2. The molecule has 1 N–H and O–H groups in total. The van der Waals surface area contributed by atoms with Crippen LogP contribution in [0.4, 0.5) is 11.4 Å². The molecule has 0 aliphatic carbocycles. The SMILES string of the molecule is Cc1ccc(Cl)cc1NC(=O)C[C@H]1SC(=Nc2ccc(I)cc2)N(C)C1=O. The normalized spacial score (nSPS) is 18.2. The van der Waals surface area contributed by atoms with Gasteiger partial charge in [0.15, 0.2) is 5.17 Å². The Morgan fingerprint density at radius 1 is 1.30 bits per heavy atom. The van der Waals surface area contributed by atoms with Gasteiger partial charge in [-0.05, 0) is 71.5 Å². The van der Waals surface area contributed by atoms with Crippen LogP contribution in [0.5, 0.6) is 0 Å². The van der Waals surface area contributed by atoms with Crippen molar-refractivity contribution in [3.05, 3.63) is 56.6 Å². The number of benzene rings is 2. The van der Waals surface area contributed by atoms with Crippen LogP contribution >= 0.6 is 46.0 Å². The Balaban J connectivity index is 1.68. The second-order valence-electron chi connectivity index (χ2n) is 6.09. The van der Waals surface area contributed by atoms with Crippen LogP contribution in [0.15, 0.2) is 47.5 Å². The lowest BCUT2D eigenvalue weighted by Crippen LogP contribution is -2.30. The molecule has 1 atom stereocenters. The lowest BCUT2D eigenvalue weighted by atomic mass is 10.2. The minimum absolute atomic E-state index is 0.0749. The van der Waals surface area contributed by atoms with Gasteiger partial charge in [-0.2, -0.15) is 0 Å². The summed E-state index contributed by atoms with van der Waals surface area (Å²) >= 11 is 9.52. The molecule has 1 fully saturated rings. The smallest absolute Gasteiger partial charge is 0.242 e. The Hall–Kier alpha value is -1.58. The number of carbonyl (C=O) groups excluding carboxylic acids is 2. The van der Waals surface area contributed by atoms with E-state index < -0.39 is 5.25 Å². The highest BCUT2D eigenvalue weighted by Gasteiger charge is 2.37. The van der Waals surface area contributed by atoms with Crippen molar-refractivity contribution in [1.29, 1.82) is 0 Å². The molecule has 3 rings (SSSR count). The average Bonchev–Trinajstić information content (AvgIpc) is 2.88. The standard InChI is InChI=1S/C19H17ClIN3O2S/c1-11-3-4-12(20)9-15(11)23-17(25)10-16-18(26)24(2)19(27-16)22-14-7-5-13(21)6-8-14/h3-9,16H,10H2,1-2H3,(H,23,25)/t16-/m1/s1. The average molecular weight is 514 g/mol. The second kappa shape index (κ2) is 8.62. The van der Waals surface area contributed by atoms with Crippen molar-refractivity contribution in [2.45, 2.75) is 18.6 Å². The van der Waals surface area contributed by atoms with E-state index in [2.05, 4.69) is 32.9 Å². The number of halogens is 2. The molecule has 2 aromatic rings. The van der Waals surface area contributed by atoms with E-state index in [0.717, 1.165) is 14.8 Å². The number of aryl methyl sites for hydroxylation is 1. The van der Waals surface area contributed by atoms with Crippen molar-refractivity contribution in [1.82, 2.24) is 4.90 Å². The van der Waals surface area contributed by atoms with Crippen LogP contribution in [-0.4, -0.2) is 34.2 Å². The highest BCUT2D eigenvalue weighted by Crippen LogP contribution is 2.31. The van der Waals surface area contributed by atoms with Gasteiger partial charge in [0.1, 0.15) is 5.25 Å². The van der Waals surface area contributed by atoms with Crippen molar-refractivity contribution in [3.63, 3.8) is 0 Å². The number of anilines is 1. The molecule has 1 saturated heterocycles. The number of nitrogens with zero attached hydrogens (tertiary/aromatic N) is 2. The lowest BCUT2D eigenvalue weighted by molar-refractivity contribution is -0.127. The minimum atomic E-state index is -0.489. The molecular weight excluding hydrogens is 497 g/mol. The second-order valence-corrected chi connectivity index (χ2v) is 8.94. The summed E-state index contributed by atoms with van der Waals surface area (Å²) in [6.45, 7) is 1.89. The quantitative estimate of drug-likeness (QED) is 0.595. The summed E-state index contributed by atoms with van der Waals surface area (Å²) in [5.74, 6) is -0.350. The molecule has 2 aromatic carbocycles. The Kier molecular flexibility index (Phi) is 6.44. The predicted octanol–water partition coefficient (Wildman–Crippen LogP) is 4.84. The molecule has 0 spiro atoms. The van der Waals surface area contributed by atoms with Gasteiger partial charge in [0, 0.05) is 27.7 Å². The first-order valence-corrected chi connectivity index (χ1v) is 10.5. The predicted molar refractivity (Wildman–Crippen MR) is 120 cm³/mol. The van der Waals surface area contributed by atoms with E-state index in [1.807, 2.05) is 37.3 Å². The molecule has 0 radical (unpaired) electrons. The van der Waals surface area contributed by atoms with Gasteiger partial charge < -0.3 is 5.32 Å². The number of amidine groups is 1. The van der Waals surface area contributed by atoms with Crippen molar-refractivity contribution < 1.29 is 9.59 Å². The van der Waals surface area contributed by atoms with Crippen molar-refractivity contribution in [2.75, 3.05) is 12.4 Å². The summed E-state index contributed by atoms with van der Waals surface area (Å²) in [4.78, 5) is 30.9. The fraction of sp³-hybridized carbons (Fsp3) is 0.211. The van der Waals surface area contributed by atoms with Crippen molar-refractivity contribution in [2.24, 2.45) is 4.99 Å². The fourth-order valence-electron chi connectivity index (χ4n) is 2.52. The number of rotatable bonds is 4. The van der Waals surface area contributed by atoms with E-state index in [9.17, 15) is 9.59 Å². The van der Waals surface area contributed by atoms with Gasteiger partial charge in [-0.1, -0.05) is 29.4 Å². The third-order valence-electron chi connectivity index (χ3n) is 4.04. The van der Waals surface area contributed by atoms with E-state index in [0.29, 0.717) is 15.9 Å². The molecule has 0 saturated carbocycles. The molecule has 0 aromatic heterocycles. The van der Waals surface area contributed by atoms with Crippen LogP contribution in [0, 0.1) is 10.5 Å². The van der Waals surface area contributed by atoms with Crippen LogP contribution in [0.3, 0.4) is 0 Å². The zero-order valence-corrected chi connectivity index (χ0v) is 18.4. The summed E-state index contributed by atoms with van der Waals surface area (Å²) in [5.41, 5.74) is 2.34. The van der Waals surface area contributed by atoms with E-state index in [-0.39, 0.29) is 18.2 Å². The molecule has 0 unspecified atom stereocenters. The van der Waals surface area contributed by atoms with Gasteiger partial charge >= 0.3 is 0 Å². The Morgan fingerprint density at radius 3 is 2.70 bits per heavy atom. The third-order valence-corrected chi connectivity index (χ3v) is 6.22. The molecule has 8 heteroatoms. The highest BCUT2D eigenvalue weighted by atomic mass is 127. The minimum Gasteiger partial charge on any atom is -0.326 e. The Bertz CT molecular complexity index is 918. The molecule has 1 heterocycles. The first kappa shape index (κ1) is 20.2. The Morgan fingerprint density at radius 2 is 2.00 bits per heavy atom. The van der Waals surface area contributed by atoms with Crippen molar-refractivity contribution in [3.8, 4) is 0 Å². The van der Waals surface area contributed by atoms with Crippen LogP contribution in [-0.2, 0) is 9.59 Å². The third kappa shape index (κ3) is 5.03. The molecule has 5 nitrogen and oxygen atoms in total. The Labute approximate surface area is 180 Å². The largest absolute Gasteiger partial charge is 0.326 e. The number of aliphatic imine (C=N–C) groups is 1. The molecule has 2 amide bonds. The zero-order valence-electron chi connectivity index (χ0n) is 14.7. The van der Waals surface area contributed by atoms with Gasteiger partial charge in [0.05, 0.1) is 5.69 Å². The highest BCUT2D eigenvalue weighted by molar-refractivity contribution is 14.1. The maximum Gasteiger partial charge on any atom is 0.242 e. The van der Waals surface area contributed by atoms with Crippen LogP contribution in [0.1, 0.15) is 12.0 Å². The molecule has 27 heavy (non-hydrogen) atoms. The fourth-order valence-corrected chi connectivity index (χ4v) is 4.21. The maximum absolute atomic E-state index is 12.5. The maximum atomic E-state index is 12.5. The van der Waals surface area contributed by atoms with Gasteiger partial charge in [0.25, 0.3) is 0 Å². The lowest BCUT2D eigenvalue weighted by Gasteiger charge is -2.11. The molecule has 1 aliphatic rings. The van der Waals surface area contributed by atoms with E-state index >= 15 is 0 Å².